The van der Waals surface area contributed by atoms with Crippen LogP contribution in [0.4, 0.5) is 0 Å². The quantitative estimate of drug-likeness (QED) is 0.478. The first-order valence-electron chi connectivity index (χ1n) is 8.82. The molecule has 2 rings (SSSR count). The Morgan fingerprint density at radius 2 is 1.82 bits per heavy atom. The number of likely N-dealkylation sites (N-methyl/N-ethyl adjacent to an activating group) is 1. The molecular weight excluding hydrogens is 388 g/mol. The van der Waals surface area contributed by atoms with E-state index in [-0.39, 0.29) is 49.1 Å². The minimum atomic E-state index is -0.994. The maximum absolute atomic E-state index is 12.7. The molecule has 1 fully saturated rings. The standard InChI is InChI=1S/C18H26N4O5.ClH/c1-21-6-8-22(9-7-21)18(27)14(11-16(19)25)20-17(26)5-3-12-2-4-13(23)10-15(12)24;/h2,4,10,14,23-24H,3,5-9,11H2,1H3,(H2,19,25)(H,20,26);1H/t14-;/m0./s1. The first-order chi connectivity index (χ1) is 12.8. The molecule has 1 aliphatic rings. The second-order valence-corrected chi connectivity index (χ2v) is 6.73. The van der Waals surface area contributed by atoms with Crippen LogP contribution in [0, 0.1) is 0 Å². The Bertz CT molecular complexity index is 707. The maximum atomic E-state index is 12.7. The van der Waals surface area contributed by atoms with E-state index in [4.69, 9.17) is 5.73 Å². The molecule has 10 heteroatoms. The molecule has 0 radical (unpaired) electrons. The Kier molecular flexibility index (Phi) is 9.01. The molecule has 1 saturated heterocycles. The number of aromatic hydroxyl groups is 2. The van der Waals surface area contributed by atoms with Crippen LogP contribution in [0.3, 0.4) is 0 Å². The molecule has 1 heterocycles. The normalized spacial score (nSPS) is 15.4. The highest BCUT2D eigenvalue weighted by atomic mass is 35.5. The number of piperazine rings is 1. The molecule has 0 aliphatic carbocycles. The first-order valence-corrected chi connectivity index (χ1v) is 8.82. The molecular formula is C18H27ClN4O5. The van der Waals surface area contributed by atoms with Crippen molar-refractivity contribution in [1.82, 2.24) is 15.1 Å². The summed E-state index contributed by atoms with van der Waals surface area (Å²) in [6, 6.07) is 3.14. The average Bonchev–Trinajstić information content (AvgIpc) is 2.60. The SMILES string of the molecule is CN1CCN(C(=O)[C@H](CC(N)=O)NC(=O)CCc2ccc(O)cc2O)CC1.Cl. The lowest BCUT2D eigenvalue weighted by Crippen LogP contribution is -2.55. The van der Waals surface area contributed by atoms with Crippen LogP contribution in [0.25, 0.3) is 0 Å². The summed E-state index contributed by atoms with van der Waals surface area (Å²) in [7, 11) is 1.96. The molecule has 5 N–H and O–H groups in total. The van der Waals surface area contributed by atoms with E-state index < -0.39 is 17.9 Å². The molecule has 1 aromatic carbocycles. The van der Waals surface area contributed by atoms with Gasteiger partial charge in [0.25, 0.3) is 0 Å². The van der Waals surface area contributed by atoms with Crippen LogP contribution in [-0.4, -0.2) is 77.0 Å². The number of hydrogen-bond donors (Lipinski definition) is 4. The zero-order valence-electron chi connectivity index (χ0n) is 15.8. The third-order valence-electron chi connectivity index (χ3n) is 4.54. The zero-order valence-corrected chi connectivity index (χ0v) is 16.6. The van der Waals surface area contributed by atoms with Gasteiger partial charge in [-0.2, -0.15) is 0 Å². The van der Waals surface area contributed by atoms with Crippen molar-refractivity contribution in [2.75, 3.05) is 33.2 Å². The van der Waals surface area contributed by atoms with E-state index in [9.17, 15) is 24.6 Å². The van der Waals surface area contributed by atoms with Crippen LogP contribution < -0.4 is 11.1 Å². The maximum Gasteiger partial charge on any atom is 0.245 e. The summed E-state index contributed by atoms with van der Waals surface area (Å²) in [4.78, 5) is 40.0. The van der Waals surface area contributed by atoms with Gasteiger partial charge in [0.2, 0.25) is 17.7 Å². The van der Waals surface area contributed by atoms with E-state index in [0.29, 0.717) is 18.7 Å². The summed E-state index contributed by atoms with van der Waals surface area (Å²) in [6.07, 6.45) is -0.0189. The Balaban J connectivity index is 0.00000392. The lowest BCUT2D eigenvalue weighted by atomic mass is 10.1. The number of rotatable bonds is 7. The van der Waals surface area contributed by atoms with E-state index in [1.807, 2.05) is 7.05 Å². The summed E-state index contributed by atoms with van der Waals surface area (Å²) >= 11 is 0. The van der Waals surface area contributed by atoms with Gasteiger partial charge in [0.1, 0.15) is 17.5 Å². The van der Waals surface area contributed by atoms with Crippen molar-refractivity contribution in [3.63, 3.8) is 0 Å². The minimum Gasteiger partial charge on any atom is -0.508 e. The number of halogens is 1. The number of primary amides is 1. The van der Waals surface area contributed by atoms with Crippen molar-refractivity contribution in [1.29, 1.82) is 0 Å². The number of hydrogen-bond acceptors (Lipinski definition) is 6. The number of benzene rings is 1. The van der Waals surface area contributed by atoms with Crippen LogP contribution in [0.15, 0.2) is 18.2 Å². The monoisotopic (exact) mass is 414 g/mol. The van der Waals surface area contributed by atoms with Gasteiger partial charge in [-0.25, -0.2) is 0 Å². The fourth-order valence-electron chi connectivity index (χ4n) is 2.93. The van der Waals surface area contributed by atoms with Gasteiger partial charge in [-0.3, -0.25) is 14.4 Å². The summed E-state index contributed by atoms with van der Waals surface area (Å²) in [5, 5.41) is 21.6. The van der Waals surface area contributed by atoms with Crippen LogP contribution in [0.5, 0.6) is 11.5 Å². The number of amides is 3. The molecule has 3 amide bonds. The summed E-state index contributed by atoms with van der Waals surface area (Å²) in [5.41, 5.74) is 5.73. The van der Waals surface area contributed by atoms with E-state index >= 15 is 0 Å². The van der Waals surface area contributed by atoms with Gasteiger partial charge in [-0.1, -0.05) is 6.07 Å². The van der Waals surface area contributed by atoms with Gasteiger partial charge >= 0.3 is 0 Å². The van der Waals surface area contributed by atoms with Crippen LogP contribution in [0.1, 0.15) is 18.4 Å². The highest BCUT2D eigenvalue weighted by molar-refractivity contribution is 5.91. The van der Waals surface area contributed by atoms with Crippen molar-refractivity contribution in [3.05, 3.63) is 23.8 Å². The molecule has 0 spiro atoms. The number of aryl methyl sites for hydroxylation is 1. The van der Waals surface area contributed by atoms with Crippen LogP contribution in [0.2, 0.25) is 0 Å². The second-order valence-electron chi connectivity index (χ2n) is 6.73. The largest absolute Gasteiger partial charge is 0.508 e. The molecule has 28 heavy (non-hydrogen) atoms. The van der Waals surface area contributed by atoms with Crippen LogP contribution >= 0.6 is 12.4 Å². The Morgan fingerprint density at radius 1 is 1.18 bits per heavy atom. The smallest absolute Gasteiger partial charge is 0.245 e. The summed E-state index contributed by atoms with van der Waals surface area (Å²) in [5.74, 6) is -1.58. The third-order valence-corrected chi connectivity index (χ3v) is 4.54. The molecule has 0 aromatic heterocycles. The molecule has 0 unspecified atom stereocenters. The topological polar surface area (TPSA) is 136 Å². The molecule has 1 atom stereocenters. The molecule has 1 aliphatic heterocycles. The number of nitrogens with zero attached hydrogens (tertiary/aromatic N) is 2. The predicted molar refractivity (Wildman–Crippen MR) is 105 cm³/mol. The van der Waals surface area contributed by atoms with Crippen molar-refractivity contribution >= 4 is 30.1 Å². The number of phenols is 2. The Hall–Kier alpha value is -2.52. The first kappa shape index (κ1) is 23.5. The number of carbonyl (C=O) groups is 3. The summed E-state index contributed by atoms with van der Waals surface area (Å²) < 4.78 is 0. The highest BCUT2D eigenvalue weighted by Crippen LogP contribution is 2.23. The van der Waals surface area contributed by atoms with E-state index in [1.165, 1.54) is 18.2 Å². The summed E-state index contributed by atoms with van der Waals surface area (Å²) in [6.45, 7) is 2.51. The van der Waals surface area contributed by atoms with Crippen molar-refractivity contribution in [2.45, 2.75) is 25.3 Å². The van der Waals surface area contributed by atoms with E-state index in [1.54, 1.807) is 4.90 Å². The molecule has 0 saturated carbocycles. The predicted octanol–water partition coefficient (Wildman–Crippen LogP) is -0.414. The van der Waals surface area contributed by atoms with Gasteiger partial charge in [0, 0.05) is 38.7 Å². The lowest BCUT2D eigenvalue weighted by molar-refractivity contribution is -0.139. The second kappa shape index (κ2) is 10.7. The molecule has 0 bridgehead atoms. The van der Waals surface area contributed by atoms with Crippen molar-refractivity contribution in [2.24, 2.45) is 5.73 Å². The van der Waals surface area contributed by atoms with Gasteiger partial charge in [0.05, 0.1) is 6.42 Å². The van der Waals surface area contributed by atoms with Crippen molar-refractivity contribution < 1.29 is 24.6 Å². The number of carbonyl (C=O) groups excluding carboxylic acids is 3. The van der Waals surface area contributed by atoms with E-state index in [0.717, 1.165) is 13.1 Å². The molecule has 156 valence electrons. The van der Waals surface area contributed by atoms with Gasteiger partial charge in [-0.15, -0.1) is 12.4 Å². The Labute approximate surface area is 169 Å². The zero-order chi connectivity index (χ0) is 20.0. The fourth-order valence-corrected chi connectivity index (χ4v) is 2.93. The van der Waals surface area contributed by atoms with Crippen molar-refractivity contribution in [3.8, 4) is 11.5 Å². The molecule has 9 nitrogen and oxygen atoms in total. The highest BCUT2D eigenvalue weighted by Gasteiger charge is 2.29. The average molecular weight is 415 g/mol. The fraction of sp³-hybridized carbons (Fsp3) is 0.500. The number of nitrogens with two attached hydrogens (primary N) is 1. The number of nitrogens with one attached hydrogen (secondary N) is 1. The molecule has 1 aromatic rings. The third kappa shape index (κ3) is 6.90. The van der Waals surface area contributed by atoms with E-state index in [2.05, 4.69) is 10.2 Å². The van der Waals surface area contributed by atoms with Crippen LogP contribution in [-0.2, 0) is 20.8 Å². The minimum absolute atomic E-state index is 0. The van der Waals surface area contributed by atoms with Gasteiger partial charge < -0.3 is 31.1 Å². The Morgan fingerprint density at radius 3 is 2.39 bits per heavy atom. The van der Waals surface area contributed by atoms with Gasteiger partial charge in [0.15, 0.2) is 0 Å². The van der Waals surface area contributed by atoms with Gasteiger partial charge in [-0.05, 0) is 25.1 Å². The number of phenolic OH excluding ortho intramolecular Hbond substituents is 2. The lowest BCUT2D eigenvalue weighted by Gasteiger charge is -2.34.